The highest BCUT2D eigenvalue weighted by atomic mass is 35.5. The number of carbonyl (C=O) groups excluding carboxylic acids is 2. The van der Waals surface area contributed by atoms with Gasteiger partial charge in [-0.25, -0.2) is 0 Å². The molecule has 2 aliphatic carbocycles. The second-order valence-electron chi connectivity index (χ2n) is 8.79. The molecule has 0 aromatic heterocycles. The number of nitro groups is 1. The molecule has 0 atom stereocenters. The fourth-order valence-corrected chi connectivity index (χ4v) is 5.23. The van der Waals surface area contributed by atoms with Crippen LogP contribution in [0.3, 0.4) is 0 Å². The summed E-state index contributed by atoms with van der Waals surface area (Å²) < 4.78 is 6.15. The second kappa shape index (κ2) is 9.06. The molecule has 3 aliphatic rings. The minimum absolute atomic E-state index is 0.0104. The second-order valence-corrected chi connectivity index (χ2v) is 9.23. The third kappa shape index (κ3) is 4.12. The molecule has 0 bridgehead atoms. The largest absolute Gasteiger partial charge is 0.489 e. The number of ketones is 2. The number of halogens is 1. The molecule has 0 saturated carbocycles. The molecule has 1 N–H and O–H groups in total. The van der Waals surface area contributed by atoms with E-state index in [4.69, 9.17) is 16.3 Å². The molecule has 0 amide bonds. The predicted molar refractivity (Wildman–Crippen MR) is 127 cm³/mol. The van der Waals surface area contributed by atoms with Crippen LogP contribution in [0, 0.1) is 10.1 Å². The van der Waals surface area contributed by atoms with Crippen LogP contribution < -0.4 is 10.1 Å². The average Bonchev–Trinajstić information content (AvgIpc) is 2.82. The molecule has 1 aliphatic heterocycles. The molecule has 0 saturated heterocycles. The van der Waals surface area contributed by atoms with Gasteiger partial charge in [0.15, 0.2) is 11.6 Å². The third-order valence-corrected chi connectivity index (χ3v) is 6.85. The van der Waals surface area contributed by atoms with Gasteiger partial charge in [0.2, 0.25) is 0 Å². The lowest BCUT2D eigenvalue weighted by Gasteiger charge is -2.37. The summed E-state index contributed by atoms with van der Waals surface area (Å²) >= 11 is 6.39. The number of non-ortho nitro benzene ring substituents is 1. The van der Waals surface area contributed by atoms with Crippen molar-refractivity contribution in [3.05, 3.63) is 91.3 Å². The quantitative estimate of drug-likeness (QED) is 0.448. The van der Waals surface area contributed by atoms with Crippen LogP contribution in [0.2, 0.25) is 5.02 Å². The zero-order valence-electron chi connectivity index (χ0n) is 18.4. The Labute approximate surface area is 201 Å². The van der Waals surface area contributed by atoms with Crippen molar-refractivity contribution in [3.8, 4) is 5.75 Å². The first-order valence-electron chi connectivity index (χ1n) is 11.4. The minimum Gasteiger partial charge on any atom is -0.489 e. The van der Waals surface area contributed by atoms with Crippen molar-refractivity contribution in [1.82, 2.24) is 5.32 Å². The summed E-state index contributed by atoms with van der Waals surface area (Å²) in [6.45, 7) is 0.178. The number of carbonyl (C=O) groups is 2. The third-order valence-electron chi connectivity index (χ3n) is 6.62. The first-order chi connectivity index (χ1) is 16.4. The van der Waals surface area contributed by atoms with Crippen molar-refractivity contribution >= 4 is 28.9 Å². The Balaban J connectivity index is 1.55. The molecular weight excluding hydrogens is 456 g/mol. The van der Waals surface area contributed by atoms with Crippen molar-refractivity contribution in [3.63, 3.8) is 0 Å². The van der Waals surface area contributed by atoms with Crippen molar-refractivity contribution in [2.24, 2.45) is 0 Å². The lowest BCUT2D eigenvalue weighted by molar-refractivity contribution is -0.384. The topological polar surface area (TPSA) is 98.5 Å². The number of hydrogen-bond acceptors (Lipinski definition) is 6. The van der Waals surface area contributed by atoms with Gasteiger partial charge in [0, 0.05) is 64.0 Å². The van der Waals surface area contributed by atoms with Crippen LogP contribution in [0.15, 0.2) is 65.0 Å². The molecule has 0 unspecified atom stereocenters. The molecule has 34 heavy (non-hydrogen) atoms. The highest BCUT2D eigenvalue weighted by Gasteiger charge is 2.41. The number of benzene rings is 2. The molecule has 2 aromatic carbocycles. The lowest BCUT2D eigenvalue weighted by atomic mass is 9.71. The monoisotopic (exact) mass is 478 g/mol. The van der Waals surface area contributed by atoms with Crippen LogP contribution in [0.4, 0.5) is 5.69 Å². The molecule has 174 valence electrons. The van der Waals surface area contributed by atoms with Crippen molar-refractivity contribution in [2.75, 3.05) is 0 Å². The molecule has 0 spiro atoms. The molecule has 7 nitrogen and oxygen atoms in total. The first kappa shape index (κ1) is 22.3. The van der Waals surface area contributed by atoms with Gasteiger partial charge in [0.25, 0.3) is 5.69 Å². The van der Waals surface area contributed by atoms with Crippen molar-refractivity contribution in [1.29, 1.82) is 0 Å². The van der Waals surface area contributed by atoms with Gasteiger partial charge in [-0.2, -0.15) is 0 Å². The first-order valence-corrected chi connectivity index (χ1v) is 11.7. The average molecular weight is 479 g/mol. The molecule has 0 fully saturated rings. The summed E-state index contributed by atoms with van der Waals surface area (Å²) in [4.78, 5) is 36.7. The Morgan fingerprint density at radius 3 is 2.15 bits per heavy atom. The molecule has 2 aromatic rings. The zero-order valence-corrected chi connectivity index (χ0v) is 19.2. The van der Waals surface area contributed by atoms with E-state index in [1.165, 1.54) is 12.1 Å². The van der Waals surface area contributed by atoms with E-state index in [0.29, 0.717) is 40.3 Å². The van der Waals surface area contributed by atoms with Gasteiger partial charge in [-0.05, 0) is 61.6 Å². The molecule has 5 rings (SSSR count). The van der Waals surface area contributed by atoms with Gasteiger partial charge in [0.05, 0.1) is 4.92 Å². The Hall–Kier alpha value is -3.45. The summed E-state index contributed by atoms with van der Waals surface area (Å²) in [6.07, 6.45) is 4.00. The van der Waals surface area contributed by atoms with Gasteiger partial charge >= 0.3 is 0 Å². The van der Waals surface area contributed by atoms with E-state index in [-0.39, 0.29) is 23.9 Å². The Morgan fingerprint density at radius 1 is 0.941 bits per heavy atom. The van der Waals surface area contributed by atoms with Gasteiger partial charge < -0.3 is 10.1 Å². The van der Waals surface area contributed by atoms with Crippen molar-refractivity contribution < 1.29 is 19.2 Å². The lowest BCUT2D eigenvalue weighted by Crippen LogP contribution is -2.36. The van der Waals surface area contributed by atoms with Crippen LogP contribution in [-0.4, -0.2) is 16.5 Å². The van der Waals surface area contributed by atoms with Crippen LogP contribution in [0.25, 0.3) is 0 Å². The van der Waals surface area contributed by atoms with Crippen LogP contribution >= 0.6 is 11.6 Å². The summed E-state index contributed by atoms with van der Waals surface area (Å²) in [6, 6.07) is 11.4. The van der Waals surface area contributed by atoms with E-state index in [2.05, 4.69) is 5.32 Å². The van der Waals surface area contributed by atoms with Crippen LogP contribution in [0.1, 0.15) is 55.6 Å². The number of rotatable bonds is 5. The van der Waals surface area contributed by atoms with Gasteiger partial charge in [-0.1, -0.05) is 11.6 Å². The fraction of sp³-hybridized carbons (Fsp3) is 0.308. The number of nitrogens with one attached hydrogen (secondary N) is 1. The Kier molecular flexibility index (Phi) is 5.96. The number of nitrogens with zero attached hydrogens (tertiary/aromatic N) is 1. The van der Waals surface area contributed by atoms with E-state index in [1.807, 2.05) is 0 Å². The number of dihydropyridines is 1. The van der Waals surface area contributed by atoms with E-state index < -0.39 is 10.8 Å². The molecule has 0 radical (unpaired) electrons. The van der Waals surface area contributed by atoms with Crippen LogP contribution in [0.5, 0.6) is 5.75 Å². The summed E-state index contributed by atoms with van der Waals surface area (Å²) in [5, 5.41) is 14.8. The highest BCUT2D eigenvalue weighted by Crippen LogP contribution is 2.48. The molecular formula is C26H23ClN2O5. The maximum absolute atomic E-state index is 13.1. The van der Waals surface area contributed by atoms with Crippen LogP contribution in [-0.2, 0) is 16.2 Å². The number of allylic oxidation sites excluding steroid dienone is 4. The molecule has 1 heterocycles. The highest BCUT2D eigenvalue weighted by molar-refractivity contribution is 6.30. The summed E-state index contributed by atoms with van der Waals surface area (Å²) in [7, 11) is 0. The standard InChI is InChI=1S/C26H23ClN2O5/c27-16-9-12-23(34-14-15-7-10-17(11-8-15)29(32)33)18(13-16)24-25-19(3-1-5-21(25)30)28-20-4-2-6-22(31)26(20)24/h7-13,24,28H,1-6,14H2. The van der Waals surface area contributed by atoms with Gasteiger partial charge in [-0.3, -0.25) is 19.7 Å². The van der Waals surface area contributed by atoms with E-state index in [0.717, 1.165) is 42.6 Å². The number of ether oxygens (including phenoxy) is 1. The van der Waals surface area contributed by atoms with Crippen molar-refractivity contribution in [2.45, 2.75) is 51.0 Å². The SMILES string of the molecule is O=C1CCCC2=C1C(c1cc(Cl)ccc1OCc1ccc([N+](=O)[O-])cc1)C1=C(CCCC1=O)N2. The maximum atomic E-state index is 13.1. The van der Waals surface area contributed by atoms with E-state index in [9.17, 15) is 19.7 Å². The number of hydrogen-bond donors (Lipinski definition) is 1. The Morgan fingerprint density at radius 2 is 1.56 bits per heavy atom. The maximum Gasteiger partial charge on any atom is 0.269 e. The number of Topliss-reactive ketones (excluding diaryl/α,β-unsaturated/α-hetero) is 2. The minimum atomic E-state index is -0.516. The van der Waals surface area contributed by atoms with Gasteiger partial charge in [-0.15, -0.1) is 0 Å². The van der Waals surface area contributed by atoms with Gasteiger partial charge in [0.1, 0.15) is 12.4 Å². The molecule has 8 heteroatoms. The fourth-order valence-electron chi connectivity index (χ4n) is 5.05. The van der Waals surface area contributed by atoms with E-state index in [1.54, 1.807) is 30.3 Å². The Bertz CT molecular complexity index is 1220. The number of nitro benzene ring substituents is 1. The normalized spacial score (nSPS) is 18.4. The smallest absolute Gasteiger partial charge is 0.269 e. The predicted octanol–water partition coefficient (Wildman–Crippen LogP) is 5.53. The zero-order chi connectivity index (χ0) is 23.8. The summed E-state index contributed by atoms with van der Waals surface area (Å²) in [5.41, 5.74) is 4.55. The van der Waals surface area contributed by atoms with E-state index >= 15 is 0 Å². The summed E-state index contributed by atoms with van der Waals surface area (Å²) in [5.74, 6) is 0.109.